The molecule has 2 aromatic carbocycles. The number of hydrogen-bond acceptors (Lipinski definition) is 3. The summed E-state index contributed by atoms with van der Waals surface area (Å²) in [5.74, 6) is 0.0925. The van der Waals surface area contributed by atoms with Gasteiger partial charge in [-0.1, -0.05) is 48.5 Å². The van der Waals surface area contributed by atoms with Gasteiger partial charge in [-0.3, -0.25) is 4.79 Å². The number of amides is 1. The van der Waals surface area contributed by atoms with Gasteiger partial charge in [0.05, 0.1) is 13.1 Å². The summed E-state index contributed by atoms with van der Waals surface area (Å²) < 4.78 is 0. The molecule has 0 saturated carbocycles. The minimum absolute atomic E-state index is 0.0925. The van der Waals surface area contributed by atoms with Gasteiger partial charge in [0.25, 0.3) is 0 Å². The van der Waals surface area contributed by atoms with E-state index < -0.39 is 0 Å². The fourth-order valence-electron chi connectivity index (χ4n) is 2.51. The van der Waals surface area contributed by atoms with E-state index in [9.17, 15) is 4.79 Å². The molecule has 4 heteroatoms. The minimum atomic E-state index is 0.0925. The highest BCUT2D eigenvalue weighted by Crippen LogP contribution is 2.16. The van der Waals surface area contributed by atoms with E-state index in [0.717, 1.165) is 30.8 Å². The van der Waals surface area contributed by atoms with E-state index in [-0.39, 0.29) is 5.91 Å². The van der Waals surface area contributed by atoms with E-state index in [0.29, 0.717) is 13.1 Å². The number of carbonyl (C=O) groups excluding carboxylic acids is 1. The van der Waals surface area contributed by atoms with Crippen LogP contribution < -0.4 is 10.2 Å². The quantitative estimate of drug-likeness (QED) is 0.720. The van der Waals surface area contributed by atoms with Crippen LogP contribution in [0.4, 0.5) is 5.69 Å². The molecular formula is C20H27N3O. The summed E-state index contributed by atoms with van der Waals surface area (Å²) in [6, 6.07) is 19.9. The summed E-state index contributed by atoms with van der Waals surface area (Å²) in [4.78, 5) is 16.7. The second kappa shape index (κ2) is 9.85. The summed E-state index contributed by atoms with van der Waals surface area (Å²) in [5, 5.41) is 3.26. The van der Waals surface area contributed by atoms with Crippen LogP contribution in [-0.4, -0.2) is 44.5 Å². The lowest BCUT2D eigenvalue weighted by atomic mass is 10.2. The van der Waals surface area contributed by atoms with Gasteiger partial charge in [0.1, 0.15) is 0 Å². The van der Waals surface area contributed by atoms with Gasteiger partial charge < -0.3 is 15.1 Å². The van der Waals surface area contributed by atoms with E-state index in [1.165, 1.54) is 0 Å². The van der Waals surface area contributed by atoms with Crippen LogP contribution >= 0.6 is 0 Å². The zero-order chi connectivity index (χ0) is 17.2. The highest BCUT2D eigenvalue weighted by Gasteiger charge is 2.15. The predicted molar refractivity (Wildman–Crippen MR) is 100 cm³/mol. The zero-order valence-electron chi connectivity index (χ0n) is 14.6. The minimum Gasteiger partial charge on any atom is -0.309 e. The van der Waals surface area contributed by atoms with Gasteiger partial charge >= 0.3 is 0 Å². The number of hydrogen-bond donors (Lipinski definition) is 1. The van der Waals surface area contributed by atoms with E-state index in [1.807, 2.05) is 65.6 Å². The van der Waals surface area contributed by atoms with Crippen LogP contribution in [0.1, 0.15) is 12.0 Å². The second-order valence-electron chi connectivity index (χ2n) is 6.13. The molecule has 1 N–H and O–H groups in total. The van der Waals surface area contributed by atoms with Crippen molar-refractivity contribution < 1.29 is 4.79 Å². The third kappa shape index (κ3) is 6.14. The van der Waals surface area contributed by atoms with Gasteiger partial charge in [0.2, 0.25) is 5.91 Å². The lowest BCUT2D eigenvalue weighted by molar-refractivity contribution is -0.117. The number of para-hydroxylation sites is 1. The highest BCUT2D eigenvalue weighted by molar-refractivity contribution is 5.94. The Balaban J connectivity index is 1.96. The van der Waals surface area contributed by atoms with Crippen molar-refractivity contribution in [1.82, 2.24) is 10.2 Å². The molecule has 4 nitrogen and oxygen atoms in total. The molecule has 0 bridgehead atoms. The zero-order valence-corrected chi connectivity index (χ0v) is 14.6. The van der Waals surface area contributed by atoms with Crippen molar-refractivity contribution in [2.24, 2.45) is 0 Å². The maximum Gasteiger partial charge on any atom is 0.241 e. The summed E-state index contributed by atoms with van der Waals surface area (Å²) in [6.45, 7) is 2.81. The van der Waals surface area contributed by atoms with Crippen LogP contribution in [-0.2, 0) is 11.3 Å². The van der Waals surface area contributed by atoms with Crippen LogP contribution in [0.3, 0.4) is 0 Å². The second-order valence-corrected chi connectivity index (χ2v) is 6.13. The van der Waals surface area contributed by atoms with Gasteiger partial charge in [-0.2, -0.15) is 0 Å². The van der Waals surface area contributed by atoms with E-state index >= 15 is 0 Å². The normalized spacial score (nSPS) is 10.8. The predicted octanol–water partition coefficient (Wildman–Crippen LogP) is 2.76. The molecule has 0 radical (unpaired) electrons. The molecular weight excluding hydrogens is 298 g/mol. The molecule has 0 atom stereocenters. The Kier molecular flexibility index (Phi) is 7.46. The Hall–Kier alpha value is -2.17. The Morgan fingerprint density at radius 3 is 2.21 bits per heavy atom. The van der Waals surface area contributed by atoms with Gasteiger partial charge in [-0.25, -0.2) is 0 Å². The van der Waals surface area contributed by atoms with Crippen LogP contribution in [0.25, 0.3) is 0 Å². The molecule has 2 rings (SSSR count). The van der Waals surface area contributed by atoms with E-state index in [4.69, 9.17) is 0 Å². The Bertz CT molecular complexity index is 599. The molecule has 0 aromatic heterocycles. The molecule has 24 heavy (non-hydrogen) atoms. The van der Waals surface area contributed by atoms with Crippen molar-refractivity contribution in [3.63, 3.8) is 0 Å². The molecule has 0 aliphatic rings. The van der Waals surface area contributed by atoms with Crippen LogP contribution in [0.2, 0.25) is 0 Å². The van der Waals surface area contributed by atoms with Gasteiger partial charge in [-0.05, 0) is 51.3 Å². The van der Waals surface area contributed by atoms with E-state index in [1.54, 1.807) is 0 Å². The van der Waals surface area contributed by atoms with Crippen molar-refractivity contribution >= 4 is 11.6 Å². The molecule has 0 aliphatic heterocycles. The largest absolute Gasteiger partial charge is 0.309 e. The van der Waals surface area contributed by atoms with Crippen LogP contribution in [0.5, 0.6) is 0 Å². The number of nitrogens with one attached hydrogen (secondary N) is 1. The molecule has 0 aliphatic carbocycles. The van der Waals surface area contributed by atoms with Crippen LogP contribution in [0, 0.1) is 0 Å². The SMILES string of the molecule is CN(C)CCCNCC(=O)N(Cc1ccccc1)c1ccccc1. The summed E-state index contributed by atoms with van der Waals surface area (Å²) in [6.07, 6.45) is 1.03. The third-order valence-corrected chi connectivity index (χ3v) is 3.79. The number of benzene rings is 2. The van der Waals surface area contributed by atoms with Crippen molar-refractivity contribution in [1.29, 1.82) is 0 Å². The fourth-order valence-corrected chi connectivity index (χ4v) is 2.51. The summed E-state index contributed by atoms with van der Waals surface area (Å²) >= 11 is 0. The van der Waals surface area contributed by atoms with Gasteiger partial charge in [0.15, 0.2) is 0 Å². The first-order chi connectivity index (χ1) is 11.7. The number of rotatable bonds is 9. The maximum atomic E-state index is 12.7. The van der Waals surface area contributed by atoms with Crippen molar-refractivity contribution in [3.8, 4) is 0 Å². The van der Waals surface area contributed by atoms with Crippen molar-refractivity contribution in [2.75, 3.05) is 38.6 Å². The molecule has 1 amide bonds. The number of nitrogens with zero attached hydrogens (tertiary/aromatic N) is 2. The first-order valence-electron chi connectivity index (χ1n) is 8.41. The standard InChI is InChI=1S/C20H27N3O/c1-22(2)15-9-14-21-16-20(24)23(19-12-7-4-8-13-19)17-18-10-5-3-6-11-18/h3-8,10-13,21H,9,14-17H2,1-2H3. The van der Waals surface area contributed by atoms with Crippen molar-refractivity contribution in [3.05, 3.63) is 66.2 Å². The smallest absolute Gasteiger partial charge is 0.241 e. The van der Waals surface area contributed by atoms with Gasteiger partial charge in [-0.15, -0.1) is 0 Å². The topological polar surface area (TPSA) is 35.6 Å². The molecule has 2 aromatic rings. The monoisotopic (exact) mass is 325 g/mol. The average molecular weight is 325 g/mol. The summed E-state index contributed by atoms with van der Waals surface area (Å²) in [7, 11) is 4.12. The number of anilines is 1. The Morgan fingerprint density at radius 1 is 0.958 bits per heavy atom. The molecule has 0 fully saturated rings. The summed E-state index contributed by atoms with van der Waals surface area (Å²) in [5.41, 5.74) is 2.06. The molecule has 0 spiro atoms. The van der Waals surface area contributed by atoms with Crippen LogP contribution in [0.15, 0.2) is 60.7 Å². The third-order valence-electron chi connectivity index (χ3n) is 3.79. The highest BCUT2D eigenvalue weighted by atomic mass is 16.2. The first kappa shape index (κ1) is 18.2. The molecule has 0 heterocycles. The number of carbonyl (C=O) groups is 1. The molecule has 0 saturated heterocycles. The first-order valence-corrected chi connectivity index (χ1v) is 8.41. The Labute approximate surface area is 145 Å². The molecule has 128 valence electrons. The lowest BCUT2D eigenvalue weighted by Crippen LogP contribution is -2.38. The molecule has 0 unspecified atom stereocenters. The average Bonchev–Trinajstić information content (AvgIpc) is 2.60. The van der Waals surface area contributed by atoms with Gasteiger partial charge in [0, 0.05) is 5.69 Å². The van der Waals surface area contributed by atoms with Crippen molar-refractivity contribution in [2.45, 2.75) is 13.0 Å². The maximum absolute atomic E-state index is 12.7. The van der Waals surface area contributed by atoms with E-state index in [2.05, 4.69) is 24.3 Å². The lowest BCUT2D eigenvalue weighted by Gasteiger charge is -2.23. The Morgan fingerprint density at radius 2 is 1.58 bits per heavy atom. The fraction of sp³-hybridized carbons (Fsp3) is 0.350.